The Kier molecular flexibility index (Phi) is 3.92. The summed E-state index contributed by atoms with van der Waals surface area (Å²) in [5, 5.41) is 0. The number of aryl methyl sites for hydroxylation is 1. The summed E-state index contributed by atoms with van der Waals surface area (Å²) < 4.78 is 36.7. The van der Waals surface area contributed by atoms with Gasteiger partial charge in [-0.15, -0.1) is 0 Å². The first kappa shape index (κ1) is 14.7. The van der Waals surface area contributed by atoms with Crippen LogP contribution in [0.2, 0.25) is 0 Å². The Balaban J connectivity index is 2.43. The smallest absolute Gasteiger partial charge is 0.175 e. The van der Waals surface area contributed by atoms with Crippen molar-refractivity contribution in [1.29, 1.82) is 0 Å². The molecule has 0 radical (unpaired) electrons. The summed E-state index contributed by atoms with van der Waals surface area (Å²) in [5.41, 5.74) is 7.88. The van der Waals surface area contributed by atoms with Gasteiger partial charge in [-0.25, -0.2) is 12.8 Å². The second kappa shape index (κ2) is 5.34. The number of benzene rings is 2. The summed E-state index contributed by atoms with van der Waals surface area (Å²) in [6, 6.07) is 10.6. The van der Waals surface area contributed by atoms with Gasteiger partial charge in [0.25, 0.3) is 0 Å². The fourth-order valence-electron chi connectivity index (χ4n) is 1.93. The molecule has 2 aromatic rings. The second-order valence-electron chi connectivity index (χ2n) is 4.83. The van der Waals surface area contributed by atoms with E-state index in [0.29, 0.717) is 16.7 Å². The van der Waals surface area contributed by atoms with E-state index in [1.54, 1.807) is 31.2 Å². The van der Waals surface area contributed by atoms with Crippen LogP contribution < -0.4 is 5.73 Å². The normalized spacial score (nSPS) is 13.2. The van der Waals surface area contributed by atoms with Gasteiger partial charge in [-0.05, 0) is 41.8 Å². The third-order valence-electron chi connectivity index (χ3n) is 3.20. The maximum absolute atomic E-state index is 13.6. The molecule has 0 aliphatic carbocycles. The third-order valence-corrected chi connectivity index (χ3v) is 4.31. The quantitative estimate of drug-likeness (QED) is 0.946. The van der Waals surface area contributed by atoms with Crippen molar-refractivity contribution in [3.05, 3.63) is 65.0 Å². The average Bonchev–Trinajstić information content (AvgIpc) is 2.40. The fraction of sp³-hybridized carbons (Fsp3) is 0.200. The van der Waals surface area contributed by atoms with Gasteiger partial charge in [0.15, 0.2) is 9.84 Å². The van der Waals surface area contributed by atoms with Gasteiger partial charge < -0.3 is 5.73 Å². The molecule has 0 aromatic heterocycles. The molecule has 0 bridgehead atoms. The predicted molar refractivity (Wildman–Crippen MR) is 76.7 cm³/mol. The minimum Gasteiger partial charge on any atom is -0.320 e. The van der Waals surface area contributed by atoms with Gasteiger partial charge in [-0.1, -0.05) is 24.3 Å². The van der Waals surface area contributed by atoms with E-state index in [4.69, 9.17) is 5.73 Å². The molecule has 5 heteroatoms. The molecule has 0 fully saturated rings. The molecule has 0 saturated heterocycles. The monoisotopic (exact) mass is 293 g/mol. The number of rotatable bonds is 3. The molecule has 0 aliphatic heterocycles. The van der Waals surface area contributed by atoms with E-state index in [2.05, 4.69) is 0 Å². The summed E-state index contributed by atoms with van der Waals surface area (Å²) >= 11 is 0. The third kappa shape index (κ3) is 3.05. The van der Waals surface area contributed by atoms with Crippen LogP contribution in [-0.2, 0) is 9.84 Å². The van der Waals surface area contributed by atoms with Gasteiger partial charge in [-0.2, -0.15) is 0 Å². The largest absolute Gasteiger partial charge is 0.320 e. The topological polar surface area (TPSA) is 60.2 Å². The lowest BCUT2D eigenvalue weighted by Crippen LogP contribution is -2.13. The SMILES string of the molecule is Cc1ccc(C(N)c2cccc(S(C)(=O)=O)c2)cc1F. The fourth-order valence-corrected chi connectivity index (χ4v) is 2.61. The highest BCUT2D eigenvalue weighted by Crippen LogP contribution is 2.23. The molecule has 2 N–H and O–H groups in total. The van der Waals surface area contributed by atoms with Gasteiger partial charge in [0.05, 0.1) is 10.9 Å². The Morgan fingerprint density at radius 3 is 2.35 bits per heavy atom. The van der Waals surface area contributed by atoms with Crippen LogP contribution in [-0.4, -0.2) is 14.7 Å². The molecule has 106 valence electrons. The van der Waals surface area contributed by atoms with E-state index in [9.17, 15) is 12.8 Å². The van der Waals surface area contributed by atoms with E-state index in [1.807, 2.05) is 0 Å². The summed E-state index contributed by atoms with van der Waals surface area (Å²) in [6.45, 7) is 1.68. The molecular formula is C15H16FNO2S. The van der Waals surface area contributed by atoms with Crippen molar-refractivity contribution in [3.8, 4) is 0 Å². The van der Waals surface area contributed by atoms with E-state index in [0.717, 1.165) is 6.26 Å². The van der Waals surface area contributed by atoms with Gasteiger partial charge in [-0.3, -0.25) is 0 Å². The summed E-state index contributed by atoms with van der Waals surface area (Å²) in [4.78, 5) is 0.207. The first-order valence-corrected chi connectivity index (χ1v) is 8.00. The Bertz CT molecular complexity index is 741. The van der Waals surface area contributed by atoms with E-state index >= 15 is 0 Å². The van der Waals surface area contributed by atoms with Crippen molar-refractivity contribution in [1.82, 2.24) is 0 Å². The molecule has 0 aliphatic rings. The van der Waals surface area contributed by atoms with Crippen molar-refractivity contribution in [3.63, 3.8) is 0 Å². The Morgan fingerprint density at radius 1 is 1.10 bits per heavy atom. The first-order chi connectivity index (χ1) is 9.29. The predicted octanol–water partition coefficient (Wildman–Crippen LogP) is 2.59. The van der Waals surface area contributed by atoms with E-state index in [-0.39, 0.29) is 10.7 Å². The standard InChI is InChI=1S/C15H16FNO2S/c1-10-6-7-12(9-14(10)16)15(17)11-4-3-5-13(8-11)20(2,18)19/h3-9,15H,17H2,1-2H3. The van der Waals surface area contributed by atoms with Crippen molar-refractivity contribution in [2.75, 3.05) is 6.26 Å². The van der Waals surface area contributed by atoms with E-state index < -0.39 is 15.9 Å². The van der Waals surface area contributed by atoms with Crippen LogP contribution in [0.4, 0.5) is 4.39 Å². The van der Waals surface area contributed by atoms with Crippen molar-refractivity contribution in [2.24, 2.45) is 5.73 Å². The van der Waals surface area contributed by atoms with Crippen LogP contribution in [0.15, 0.2) is 47.4 Å². The lowest BCUT2D eigenvalue weighted by molar-refractivity contribution is 0.601. The van der Waals surface area contributed by atoms with Crippen LogP contribution in [0.5, 0.6) is 0 Å². The van der Waals surface area contributed by atoms with Crippen LogP contribution in [0.25, 0.3) is 0 Å². The Hall–Kier alpha value is -1.72. The van der Waals surface area contributed by atoms with Crippen molar-refractivity contribution < 1.29 is 12.8 Å². The zero-order valence-corrected chi connectivity index (χ0v) is 12.1. The highest BCUT2D eigenvalue weighted by atomic mass is 32.2. The lowest BCUT2D eigenvalue weighted by Gasteiger charge is -2.14. The number of sulfone groups is 1. The van der Waals surface area contributed by atoms with Gasteiger partial charge in [0, 0.05) is 6.26 Å². The Labute approximate surface area is 118 Å². The molecule has 0 saturated carbocycles. The number of nitrogens with two attached hydrogens (primary N) is 1. The summed E-state index contributed by atoms with van der Waals surface area (Å²) in [7, 11) is -3.29. The minimum atomic E-state index is -3.29. The molecule has 3 nitrogen and oxygen atoms in total. The van der Waals surface area contributed by atoms with Crippen LogP contribution in [0.3, 0.4) is 0 Å². The Morgan fingerprint density at radius 2 is 1.75 bits per heavy atom. The summed E-state index contributed by atoms with van der Waals surface area (Å²) in [6.07, 6.45) is 1.14. The molecule has 20 heavy (non-hydrogen) atoms. The molecule has 1 atom stereocenters. The highest BCUT2D eigenvalue weighted by Gasteiger charge is 2.14. The van der Waals surface area contributed by atoms with Gasteiger partial charge in [0.1, 0.15) is 5.82 Å². The van der Waals surface area contributed by atoms with E-state index in [1.165, 1.54) is 18.2 Å². The molecule has 0 heterocycles. The van der Waals surface area contributed by atoms with Crippen LogP contribution in [0.1, 0.15) is 22.7 Å². The average molecular weight is 293 g/mol. The summed E-state index contributed by atoms with van der Waals surface area (Å²) in [5.74, 6) is -0.322. The van der Waals surface area contributed by atoms with Gasteiger partial charge >= 0.3 is 0 Å². The maximum Gasteiger partial charge on any atom is 0.175 e. The molecule has 2 rings (SSSR count). The maximum atomic E-state index is 13.6. The number of hydrogen-bond donors (Lipinski definition) is 1. The molecular weight excluding hydrogens is 277 g/mol. The number of hydrogen-bond acceptors (Lipinski definition) is 3. The minimum absolute atomic E-state index is 0.207. The van der Waals surface area contributed by atoms with Crippen molar-refractivity contribution in [2.45, 2.75) is 17.9 Å². The molecule has 0 spiro atoms. The first-order valence-electron chi connectivity index (χ1n) is 6.10. The molecule has 2 aromatic carbocycles. The second-order valence-corrected chi connectivity index (χ2v) is 6.85. The lowest BCUT2D eigenvalue weighted by atomic mass is 9.98. The van der Waals surface area contributed by atoms with Crippen molar-refractivity contribution >= 4 is 9.84 Å². The number of halogens is 1. The van der Waals surface area contributed by atoms with Crippen LogP contribution in [0, 0.1) is 12.7 Å². The molecule has 0 amide bonds. The zero-order chi connectivity index (χ0) is 14.9. The highest BCUT2D eigenvalue weighted by molar-refractivity contribution is 7.90. The molecule has 1 unspecified atom stereocenters. The van der Waals surface area contributed by atoms with Gasteiger partial charge in [0.2, 0.25) is 0 Å². The zero-order valence-electron chi connectivity index (χ0n) is 11.3. The van der Waals surface area contributed by atoms with Crippen LogP contribution >= 0.6 is 0 Å².